The smallest absolute Gasteiger partial charge is 0.374 e. The number of rotatable bonds is 16. The van der Waals surface area contributed by atoms with Crippen molar-refractivity contribution in [1.29, 1.82) is 0 Å². The number of nitrogens with zero attached hydrogens (tertiary/aromatic N) is 6. The molecular weight excluding hydrogens is 991 g/mol. The van der Waals surface area contributed by atoms with Gasteiger partial charge < -0.3 is 77.8 Å². The second kappa shape index (κ2) is 24.3. The summed E-state index contributed by atoms with van der Waals surface area (Å²) >= 11 is 1.65. The maximum Gasteiger partial charge on any atom is 0.374 e. The number of aromatic nitrogens is 6. The molecule has 6 rings (SSSR count). The highest BCUT2D eigenvalue weighted by atomic mass is 35.5. The number of nitrogens with two attached hydrogens (primary N) is 3. The summed E-state index contributed by atoms with van der Waals surface area (Å²) in [5, 5.41) is 12.5. The van der Waals surface area contributed by atoms with Crippen molar-refractivity contribution >= 4 is 98.1 Å². The first-order valence-corrected chi connectivity index (χ1v) is 22.8. The molecule has 6 heterocycles. The minimum absolute atomic E-state index is 0. The highest BCUT2D eigenvalue weighted by Gasteiger charge is 2.54. The molecule has 0 aromatic carbocycles. The lowest BCUT2D eigenvalue weighted by Gasteiger charge is -2.28. The van der Waals surface area contributed by atoms with Crippen LogP contribution >= 0.6 is 22.7 Å². The van der Waals surface area contributed by atoms with E-state index in [-0.39, 0.29) is 60.6 Å². The number of carbonyl (C=O) groups excluding carboxylic acids is 6. The molecule has 4 aromatic rings. The third kappa shape index (κ3) is 13.7. The van der Waals surface area contributed by atoms with Crippen LogP contribution in [-0.2, 0) is 66.7 Å². The number of hydrogen-bond acceptors (Lipinski definition) is 27. The second-order valence-corrected chi connectivity index (χ2v) is 18.3. The molecule has 2 saturated heterocycles. The molecule has 0 saturated carbocycles. The Bertz CT molecular complexity index is 2670. The zero-order chi connectivity index (χ0) is 51.2. The summed E-state index contributed by atoms with van der Waals surface area (Å²) in [6, 6.07) is -1.92. The number of ether oxygens (including phenoxy) is 8. The molecule has 0 bridgehead atoms. The van der Waals surface area contributed by atoms with Gasteiger partial charge in [0.25, 0.3) is 0 Å². The van der Waals surface area contributed by atoms with Crippen LogP contribution in [0.2, 0.25) is 6.82 Å². The Labute approximate surface area is 412 Å². The van der Waals surface area contributed by atoms with E-state index >= 15 is 0 Å². The number of esters is 6. The van der Waals surface area contributed by atoms with Gasteiger partial charge in [0.15, 0.2) is 48.2 Å². The van der Waals surface area contributed by atoms with Gasteiger partial charge >= 0.3 is 52.6 Å². The first-order valence-electron chi connectivity index (χ1n) is 21.2. The number of carbonyl (C=O) groups is 6. The number of fused-ring (bicyclic) bond motifs is 2. The predicted molar refractivity (Wildman–Crippen MR) is 243 cm³/mol. The molecule has 0 aliphatic carbocycles. The Balaban J connectivity index is 0.000000301. The van der Waals surface area contributed by atoms with Gasteiger partial charge in [-0.25, -0.2) is 9.97 Å². The Morgan fingerprint density at radius 1 is 0.700 bits per heavy atom. The van der Waals surface area contributed by atoms with Gasteiger partial charge in [0.1, 0.15) is 37.5 Å². The molecule has 2 aliphatic heterocycles. The number of anilines is 2. The minimum Gasteiger partial charge on any atom is -1.00 e. The van der Waals surface area contributed by atoms with E-state index in [0.717, 1.165) is 45.7 Å². The molecule has 31 heteroatoms. The van der Waals surface area contributed by atoms with Crippen molar-refractivity contribution in [3.05, 3.63) is 31.7 Å². The molecule has 0 radical (unpaired) electrons. The van der Waals surface area contributed by atoms with Gasteiger partial charge in [-0.15, -0.1) is 0 Å². The highest BCUT2D eigenvalue weighted by Crippen LogP contribution is 2.38. The van der Waals surface area contributed by atoms with E-state index in [1.54, 1.807) is 27.7 Å². The SMILES string of the molecule is CB(O)N[C@H](C(=O)O[C@@H]1[C@@H](OC(C)=O)[C@@H](COC(C)=O)O[C@H]1n1c(=O)sc2cnc(N)nc21)C(C)C.CC(=O)OC[C@H]1O[C@@H](n2c(=O)sc3cnc(N)nc32)[C@H](OC(=O)[C@@H](N)C(C)C)[C@H]1OC(C)=O.[Cl-]. The molecule has 0 amide bonds. The van der Waals surface area contributed by atoms with E-state index in [0.29, 0.717) is 9.40 Å². The Morgan fingerprint density at radius 2 is 1.10 bits per heavy atom. The third-order valence-electron chi connectivity index (χ3n) is 10.2. The van der Waals surface area contributed by atoms with Crippen molar-refractivity contribution in [2.24, 2.45) is 17.6 Å². The molecule has 70 heavy (non-hydrogen) atoms. The molecule has 2 aliphatic rings. The van der Waals surface area contributed by atoms with Gasteiger partial charge in [-0.1, -0.05) is 50.4 Å². The predicted octanol–water partition coefficient (Wildman–Crippen LogP) is -3.81. The maximum absolute atomic E-state index is 13.2. The van der Waals surface area contributed by atoms with Gasteiger partial charge in [-0.3, -0.25) is 47.5 Å². The van der Waals surface area contributed by atoms with Gasteiger partial charge in [0.05, 0.1) is 21.8 Å². The molecule has 8 N–H and O–H groups in total. The van der Waals surface area contributed by atoms with E-state index in [2.05, 4.69) is 25.2 Å². The standard InChI is InChI=1S/C20H28BN5O9S.C19H25N5O8S.ClH/c1-8(2)13(25-21(5)31)18(29)35-15-14(33-10(4)28)11(7-32-9(3)27)34-17(15)26-16-12(36-20(26)30)6-23-19(22)24-16;1-7(2)12(20)17(27)32-14-13(30-9(4)26)10(6-29-8(3)25)31-16(14)24-15-11(33-19(24)28)5-22-18(21)23-15;/h6,8,11,13-15,17,25,31H,7H2,1-5H3,(H2,22,23,24);5,7,10,12-14,16H,6,20H2,1-4H3,(H2,21,22,23);1H/p-1/t11-,13+,14+,15-,17-;10-,12+,13+,14-,16-;/m11./s1. The van der Waals surface area contributed by atoms with E-state index in [4.69, 9.17) is 55.1 Å². The molecule has 27 nitrogen and oxygen atoms in total. The van der Waals surface area contributed by atoms with Crippen molar-refractivity contribution in [3.8, 4) is 0 Å². The van der Waals surface area contributed by atoms with Crippen LogP contribution in [0.25, 0.3) is 20.7 Å². The first kappa shape index (κ1) is 56.7. The normalized spacial score (nSPS) is 22.6. The lowest BCUT2D eigenvalue weighted by Crippen LogP contribution is -3.00. The topological polar surface area (TPSA) is 382 Å². The summed E-state index contributed by atoms with van der Waals surface area (Å²) in [4.78, 5) is 113. The monoisotopic (exact) mass is 1040 g/mol. The summed E-state index contributed by atoms with van der Waals surface area (Å²) < 4.78 is 47.3. The number of hydrogen-bond donors (Lipinski definition) is 5. The average Bonchev–Trinajstić information content (AvgIpc) is 3.96. The maximum atomic E-state index is 13.2. The Hall–Kier alpha value is -5.89. The summed E-state index contributed by atoms with van der Waals surface area (Å²) in [5.74, 6) is -4.92. The summed E-state index contributed by atoms with van der Waals surface area (Å²) in [6.07, 6.45) is -7.03. The van der Waals surface area contributed by atoms with Crippen LogP contribution in [0.15, 0.2) is 22.0 Å². The zero-order valence-electron chi connectivity index (χ0n) is 39.2. The van der Waals surface area contributed by atoms with Crippen LogP contribution in [0.1, 0.15) is 67.8 Å². The summed E-state index contributed by atoms with van der Waals surface area (Å²) in [7, 11) is -1.02. The minimum atomic E-state index is -1.34. The van der Waals surface area contributed by atoms with E-state index in [1.807, 2.05) is 0 Å². The fourth-order valence-corrected chi connectivity index (χ4v) is 8.69. The highest BCUT2D eigenvalue weighted by molar-refractivity contribution is 7.16. The quantitative estimate of drug-likeness (QED) is 0.0408. The molecule has 2 fully saturated rings. The Morgan fingerprint density at radius 3 is 1.44 bits per heavy atom. The summed E-state index contributed by atoms with van der Waals surface area (Å²) in [5.41, 5.74) is 17.6. The van der Waals surface area contributed by atoms with Crippen LogP contribution in [0.4, 0.5) is 11.9 Å². The van der Waals surface area contributed by atoms with Crippen molar-refractivity contribution in [3.63, 3.8) is 0 Å². The zero-order valence-corrected chi connectivity index (χ0v) is 41.6. The lowest BCUT2D eigenvalue weighted by molar-refractivity contribution is -0.170. The van der Waals surface area contributed by atoms with Gasteiger partial charge in [0, 0.05) is 27.7 Å². The van der Waals surface area contributed by atoms with Crippen LogP contribution in [-0.4, -0.2) is 139 Å². The van der Waals surface area contributed by atoms with E-state index in [9.17, 15) is 43.4 Å². The molecule has 0 spiro atoms. The second-order valence-electron chi connectivity index (χ2n) is 16.3. The van der Waals surface area contributed by atoms with Gasteiger partial charge in [0.2, 0.25) is 11.9 Å². The molecule has 384 valence electrons. The largest absolute Gasteiger partial charge is 1.00 e. The van der Waals surface area contributed by atoms with Crippen molar-refractivity contribution in [2.45, 2.75) is 123 Å². The van der Waals surface area contributed by atoms with Crippen molar-refractivity contribution in [2.75, 3.05) is 24.7 Å². The molecular formula is C39H53BClN10O17S2-. The van der Waals surface area contributed by atoms with Crippen LogP contribution in [0.3, 0.4) is 0 Å². The average molecular weight is 1040 g/mol. The van der Waals surface area contributed by atoms with Crippen LogP contribution in [0.5, 0.6) is 0 Å². The van der Waals surface area contributed by atoms with Crippen LogP contribution < -0.4 is 44.6 Å². The number of nitrogens with one attached hydrogen (secondary N) is 1. The third-order valence-corrected chi connectivity index (χ3v) is 11.9. The first-order chi connectivity index (χ1) is 32.4. The lowest BCUT2D eigenvalue weighted by atomic mass is 9.85. The summed E-state index contributed by atoms with van der Waals surface area (Å²) in [6.45, 7) is 12.4. The molecule has 0 unspecified atom stereocenters. The number of thiazole rings is 2. The molecule has 10 atom stereocenters. The van der Waals surface area contributed by atoms with E-state index < -0.39 is 114 Å². The van der Waals surface area contributed by atoms with E-state index in [1.165, 1.54) is 33.1 Å². The fourth-order valence-electron chi connectivity index (χ4n) is 7.05. The van der Waals surface area contributed by atoms with Crippen LogP contribution in [0, 0.1) is 11.8 Å². The van der Waals surface area contributed by atoms with Crippen molar-refractivity contribution in [1.82, 2.24) is 34.3 Å². The fraction of sp³-hybridized carbons (Fsp3) is 0.590. The Kier molecular flexibility index (Phi) is 19.7. The van der Waals surface area contributed by atoms with Gasteiger partial charge in [-0.05, 0) is 18.7 Å². The molecule has 4 aromatic heterocycles. The number of nitrogen functional groups attached to an aromatic ring is 2. The van der Waals surface area contributed by atoms with Crippen molar-refractivity contribution < 1.29 is 84.1 Å². The number of halogens is 1. The van der Waals surface area contributed by atoms with Gasteiger partial charge in [-0.2, -0.15) is 9.97 Å².